The second-order valence-electron chi connectivity index (χ2n) is 5.09. The minimum Gasteiger partial charge on any atom is -0.372 e. The van der Waals surface area contributed by atoms with E-state index in [2.05, 4.69) is 62.3 Å². The summed E-state index contributed by atoms with van der Waals surface area (Å²) >= 11 is 0. The second kappa shape index (κ2) is 7.42. The van der Waals surface area contributed by atoms with Gasteiger partial charge in [-0.1, -0.05) is 32.4 Å². The third kappa shape index (κ3) is 3.74. The fourth-order valence-corrected chi connectivity index (χ4v) is 2.41. The number of nitrogens with one attached hydrogen (secondary N) is 1. The first-order valence-corrected chi connectivity index (χ1v) is 7.14. The molecule has 102 valence electrons. The summed E-state index contributed by atoms with van der Waals surface area (Å²) in [4.78, 5) is 2.37. The van der Waals surface area contributed by atoms with Crippen LogP contribution in [0.1, 0.15) is 51.6 Å². The number of nitrogens with zero attached hydrogens (tertiary/aromatic N) is 1. The monoisotopic (exact) mass is 248 g/mol. The SMILES string of the molecule is CCCC(C)N(C)c1ccc(C(CC)NC)cc1. The Morgan fingerprint density at radius 3 is 2.22 bits per heavy atom. The summed E-state index contributed by atoms with van der Waals surface area (Å²) in [6.45, 7) is 6.75. The molecule has 2 unspecified atom stereocenters. The van der Waals surface area contributed by atoms with Crippen molar-refractivity contribution in [3.05, 3.63) is 29.8 Å². The lowest BCUT2D eigenvalue weighted by molar-refractivity contribution is 0.576. The lowest BCUT2D eigenvalue weighted by atomic mass is 10.0. The first kappa shape index (κ1) is 15.0. The molecule has 0 saturated heterocycles. The highest BCUT2D eigenvalue weighted by Crippen LogP contribution is 2.22. The molecular formula is C16H28N2. The van der Waals surface area contributed by atoms with Crippen molar-refractivity contribution in [2.24, 2.45) is 0 Å². The number of rotatable bonds is 7. The number of anilines is 1. The predicted octanol–water partition coefficient (Wildman–Crippen LogP) is 3.98. The van der Waals surface area contributed by atoms with Crippen LogP contribution in [0.5, 0.6) is 0 Å². The van der Waals surface area contributed by atoms with E-state index in [1.807, 2.05) is 7.05 Å². The van der Waals surface area contributed by atoms with Crippen LogP contribution < -0.4 is 10.2 Å². The van der Waals surface area contributed by atoms with E-state index in [4.69, 9.17) is 0 Å². The van der Waals surface area contributed by atoms with Crippen molar-refractivity contribution < 1.29 is 0 Å². The fourth-order valence-electron chi connectivity index (χ4n) is 2.41. The summed E-state index contributed by atoms with van der Waals surface area (Å²) in [5.41, 5.74) is 2.69. The molecule has 2 atom stereocenters. The standard InChI is InChI=1S/C16H28N2/c1-6-8-13(3)18(5)15-11-9-14(10-12-15)16(7-2)17-4/h9-13,16-17H,6-8H2,1-5H3. The van der Waals surface area contributed by atoms with Crippen LogP contribution in [0.2, 0.25) is 0 Å². The molecule has 1 aromatic rings. The Hall–Kier alpha value is -1.02. The average molecular weight is 248 g/mol. The van der Waals surface area contributed by atoms with E-state index < -0.39 is 0 Å². The highest BCUT2D eigenvalue weighted by atomic mass is 15.1. The topological polar surface area (TPSA) is 15.3 Å². The van der Waals surface area contributed by atoms with Gasteiger partial charge in [-0.05, 0) is 44.5 Å². The molecule has 0 bridgehead atoms. The average Bonchev–Trinajstić information content (AvgIpc) is 2.40. The highest BCUT2D eigenvalue weighted by Gasteiger charge is 2.10. The Balaban J connectivity index is 2.75. The molecule has 1 N–H and O–H groups in total. The zero-order valence-corrected chi connectivity index (χ0v) is 12.5. The van der Waals surface area contributed by atoms with Crippen LogP contribution in [0, 0.1) is 0 Å². The van der Waals surface area contributed by atoms with Crippen LogP contribution in [0.4, 0.5) is 5.69 Å². The maximum Gasteiger partial charge on any atom is 0.0366 e. The third-order valence-electron chi connectivity index (χ3n) is 3.83. The Bertz CT molecular complexity index is 327. The van der Waals surface area contributed by atoms with E-state index in [0.717, 1.165) is 6.42 Å². The smallest absolute Gasteiger partial charge is 0.0366 e. The van der Waals surface area contributed by atoms with E-state index in [9.17, 15) is 0 Å². The first-order chi connectivity index (χ1) is 8.63. The summed E-state index contributed by atoms with van der Waals surface area (Å²) in [7, 11) is 4.21. The summed E-state index contributed by atoms with van der Waals surface area (Å²) in [5, 5.41) is 3.35. The van der Waals surface area contributed by atoms with Crippen molar-refractivity contribution in [2.75, 3.05) is 19.0 Å². The van der Waals surface area contributed by atoms with Crippen molar-refractivity contribution in [1.82, 2.24) is 5.32 Å². The van der Waals surface area contributed by atoms with E-state index in [0.29, 0.717) is 12.1 Å². The molecule has 0 spiro atoms. The largest absolute Gasteiger partial charge is 0.372 e. The molecule has 0 heterocycles. The van der Waals surface area contributed by atoms with Gasteiger partial charge in [0.15, 0.2) is 0 Å². The van der Waals surface area contributed by atoms with E-state index in [-0.39, 0.29) is 0 Å². The van der Waals surface area contributed by atoms with Gasteiger partial charge < -0.3 is 10.2 Å². The van der Waals surface area contributed by atoms with Crippen LogP contribution in [0.25, 0.3) is 0 Å². The summed E-state index contributed by atoms with van der Waals surface area (Å²) < 4.78 is 0. The van der Waals surface area contributed by atoms with Gasteiger partial charge in [0.25, 0.3) is 0 Å². The van der Waals surface area contributed by atoms with E-state index >= 15 is 0 Å². The first-order valence-electron chi connectivity index (χ1n) is 7.14. The minimum atomic E-state index is 0.470. The van der Waals surface area contributed by atoms with Gasteiger partial charge in [0.05, 0.1) is 0 Å². The Kier molecular flexibility index (Phi) is 6.20. The molecule has 0 aliphatic rings. The molecule has 1 aromatic carbocycles. The maximum absolute atomic E-state index is 3.35. The Morgan fingerprint density at radius 1 is 1.17 bits per heavy atom. The Morgan fingerprint density at radius 2 is 1.78 bits per heavy atom. The molecule has 0 aliphatic heterocycles. The van der Waals surface area contributed by atoms with Gasteiger partial charge in [0, 0.05) is 24.8 Å². The van der Waals surface area contributed by atoms with Gasteiger partial charge in [-0.15, -0.1) is 0 Å². The Labute approximate surface area is 112 Å². The minimum absolute atomic E-state index is 0.470. The molecule has 0 amide bonds. The summed E-state index contributed by atoms with van der Waals surface area (Å²) in [6.07, 6.45) is 3.60. The van der Waals surface area contributed by atoms with Crippen molar-refractivity contribution in [2.45, 2.75) is 52.1 Å². The van der Waals surface area contributed by atoms with Crippen LogP contribution in [-0.4, -0.2) is 20.1 Å². The van der Waals surface area contributed by atoms with Crippen LogP contribution >= 0.6 is 0 Å². The van der Waals surface area contributed by atoms with Crippen molar-refractivity contribution in [3.8, 4) is 0 Å². The predicted molar refractivity (Wildman–Crippen MR) is 81.3 cm³/mol. The lowest BCUT2D eigenvalue weighted by Gasteiger charge is -2.27. The molecule has 18 heavy (non-hydrogen) atoms. The lowest BCUT2D eigenvalue weighted by Crippen LogP contribution is -2.28. The summed E-state index contributed by atoms with van der Waals surface area (Å²) in [6, 6.07) is 10.0. The van der Waals surface area contributed by atoms with Crippen molar-refractivity contribution >= 4 is 5.69 Å². The molecule has 2 nitrogen and oxygen atoms in total. The highest BCUT2D eigenvalue weighted by molar-refractivity contribution is 5.48. The van der Waals surface area contributed by atoms with Gasteiger partial charge in [-0.25, -0.2) is 0 Å². The van der Waals surface area contributed by atoms with Gasteiger partial charge in [0.1, 0.15) is 0 Å². The molecule has 0 aliphatic carbocycles. The zero-order valence-electron chi connectivity index (χ0n) is 12.5. The van der Waals surface area contributed by atoms with Crippen LogP contribution in [0.15, 0.2) is 24.3 Å². The number of hydrogen-bond donors (Lipinski definition) is 1. The molecule has 1 rings (SSSR count). The normalized spacial score (nSPS) is 14.3. The molecule has 0 radical (unpaired) electrons. The van der Waals surface area contributed by atoms with Crippen molar-refractivity contribution in [3.63, 3.8) is 0 Å². The molecule has 0 fully saturated rings. The molecule has 2 heteroatoms. The van der Waals surface area contributed by atoms with Crippen molar-refractivity contribution in [1.29, 1.82) is 0 Å². The molecule has 0 aromatic heterocycles. The van der Waals surface area contributed by atoms with E-state index in [1.54, 1.807) is 0 Å². The molecular weight excluding hydrogens is 220 g/mol. The number of benzene rings is 1. The zero-order chi connectivity index (χ0) is 13.5. The summed E-state index contributed by atoms with van der Waals surface area (Å²) in [5.74, 6) is 0. The quantitative estimate of drug-likeness (QED) is 0.785. The fraction of sp³-hybridized carbons (Fsp3) is 0.625. The van der Waals surface area contributed by atoms with Crippen LogP contribution in [-0.2, 0) is 0 Å². The van der Waals surface area contributed by atoms with Gasteiger partial charge >= 0.3 is 0 Å². The maximum atomic E-state index is 3.35. The van der Waals surface area contributed by atoms with Gasteiger partial charge in [-0.3, -0.25) is 0 Å². The number of hydrogen-bond acceptors (Lipinski definition) is 2. The van der Waals surface area contributed by atoms with Gasteiger partial charge in [0.2, 0.25) is 0 Å². The third-order valence-corrected chi connectivity index (χ3v) is 3.83. The van der Waals surface area contributed by atoms with Crippen LogP contribution in [0.3, 0.4) is 0 Å². The van der Waals surface area contributed by atoms with E-state index in [1.165, 1.54) is 24.1 Å². The second-order valence-corrected chi connectivity index (χ2v) is 5.09. The molecule has 0 saturated carbocycles. The van der Waals surface area contributed by atoms with Gasteiger partial charge in [-0.2, -0.15) is 0 Å².